The fourth-order valence-corrected chi connectivity index (χ4v) is 2.39. The molecule has 0 heterocycles. The van der Waals surface area contributed by atoms with Crippen molar-refractivity contribution in [2.75, 3.05) is 6.54 Å². The number of benzene rings is 2. The Bertz CT molecular complexity index is 601. The maximum atomic E-state index is 13.8. The highest BCUT2D eigenvalue weighted by atomic mass is 19.2. The van der Waals surface area contributed by atoms with E-state index in [1.165, 1.54) is 12.1 Å². The van der Waals surface area contributed by atoms with Crippen molar-refractivity contribution in [2.45, 2.75) is 18.9 Å². The predicted octanol–water partition coefficient (Wildman–Crippen LogP) is 3.05. The Balaban J connectivity index is 2.42. The first-order valence-corrected chi connectivity index (χ1v) is 6.43. The highest BCUT2D eigenvalue weighted by Crippen LogP contribution is 2.33. The molecular weight excluding hydrogens is 260 g/mol. The van der Waals surface area contributed by atoms with Gasteiger partial charge in [-0.1, -0.05) is 36.4 Å². The lowest BCUT2D eigenvalue weighted by molar-refractivity contribution is 0.142. The summed E-state index contributed by atoms with van der Waals surface area (Å²) in [6, 6.07) is 11.2. The Morgan fingerprint density at radius 3 is 2.35 bits per heavy atom. The van der Waals surface area contributed by atoms with Gasteiger partial charge in [0.15, 0.2) is 11.6 Å². The van der Waals surface area contributed by atoms with Crippen LogP contribution in [0.1, 0.15) is 28.7 Å². The molecule has 2 rings (SSSR count). The molecule has 0 amide bonds. The zero-order chi connectivity index (χ0) is 14.7. The summed E-state index contributed by atoms with van der Waals surface area (Å²) < 4.78 is 27.1. The molecule has 2 aromatic carbocycles. The van der Waals surface area contributed by atoms with Crippen LogP contribution in [0.25, 0.3) is 0 Å². The summed E-state index contributed by atoms with van der Waals surface area (Å²) in [5, 5.41) is 10.4. The number of rotatable bonds is 4. The molecule has 2 atom stereocenters. The summed E-state index contributed by atoms with van der Waals surface area (Å²) in [6.45, 7) is 2.04. The van der Waals surface area contributed by atoms with Crippen molar-refractivity contribution in [1.29, 1.82) is 0 Å². The highest BCUT2D eigenvalue weighted by Gasteiger charge is 2.26. The second-order valence-corrected chi connectivity index (χ2v) is 4.79. The van der Waals surface area contributed by atoms with Crippen LogP contribution in [0.5, 0.6) is 0 Å². The molecule has 2 aromatic rings. The minimum atomic E-state index is -1.18. The van der Waals surface area contributed by atoms with Crippen LogP contribution >= 0.6 is 0 Å². The molecular formula is C16H17F2NO. The van der Waals surface area contributed by atoms with Crippen molar-refractivity contribution in [3.05, 3.63) is 70.8 Å². The normalized spacial score (nSPS) is 14.1. The molecule has 0 aliphatic heterocycles. The van der Waals surface area contributed by atoms with Crippen LogP contribution in [0.15, 0.2) is 42.5 Å². The molecule has 4 heteroatoms. The summed E-state index contributed by atoms with van der Waals surface area (Å²) in [7, 11) is 0. The van der Waals surface area contributed by atoms with Crippen molar-refractivity contribution < 1.29 is 13.9 Å². The van der Waals surface area contributed by atoms with Crippen molar-refractivity contribution >= 4 is 0 Å². The van der Waals surface area contributed by atoms with Gasteiger partial charge in [0.25, 0.3) is 0 Å². The second-order valence-electron chi connectivity index (χ2n) is 4.79. The SMILES string of the molecule is Cc1ccccc1C(CN)C(O)c1cccc(F)c1F. The summed E-state index contributed by atoms with van der Waals surface area (Å²) in [6.07, 6.45) is -1.18. The average molecular weight is 277 g/mol. The Morgan fingerprint density at radius 1 is 1.05 bits per heavy atom. The first-order valence-electron chi connectivity index (χ1n) is 6.43. The molecule has 0 fully saturated rings. The highest BCUT2D eigenvalue weighted by molar-refractivity contribution is 5.33. The van der Waals surface area contributed by atoms with Crippen molar-refractivity contribution in [1.82, 2.24) is 0 Å². The predicted molar refractivity (Wildman–Crippen MR) is 74.3 cm³/mol. The smallest absolute Gasteiger partial charge is 0.164 e. The van der Waals surface area contributed by atoms with Crippen LogP contribution < -0.4 is 5.73 Å². The van der Waals surface area contributed by atoms with Gasteiger partial charge in [0.05, 0.1) is 6.10 Å². The van der Waals surface area contributed by atoms with E-state index in [0.29, 0.717) is 0 Å². The molecule has 0 bridgehead atoms. The van der Waals surface area contributed by atoms with E-state index in [4.69, 9.17) is 5.73 Å². The van der Waals surface area contributed by atoms with E-state index >= 15 is 0 Å². The summed E-state index contributed by atoms with van der Waals surface area (Å²) in [4.78, 5) is 0. The lowest BCUT2D eigenvalue weighted by Gasteiger charge is -2.24. The van der Waals surface area contributed by atoms with Gasteiger partial charge in [-0.2, -0.15) is 0 Å². The van der Waals surface area contributed by atoms with E-state index in [1.807, 2.05) is 31.2 Å². The molecule has 106 valence electrons. The van der Waals surface area contributed by atoms with E-state index in [-0.39, 0.29) is 12.1 Å². The van der Waals surface area contributed by atoms with Crippen LogP contribution in [-0.2, 0) is 0 Å². The summed E-state index contributed by atoms with van der Waals surface area (Å²) >= 11 is 0. The number of halogens is 2. The van der Waals surface area contributed by atoms with Crippen LogP contribution in [0.3, 0.4) is 0 Å². The van der Waals surface area contributed by atoms with Crippen LogP contribution in [0.2, 0.25) is 0 Å². The zero-order valence-corrected chi connectivity index (χ0v) is 11.2. The fraction of sp³-hybridized carbons (Fsp3) is 0.250. The Labute approximate surface area is 116 Å². The molecule has 0 saturated heterocycles. The van der Waals surface area contributed by atoms with E-state index in [1.54, 1.807) is 0 Å². The largest absolute Gasteiger partial charge is 0.388 e. The van der Waals surface area contributed by atoms with Gasteiger partial charge in [-0.3, -0.25) is 0 Å². The van der Waals surface area contributed by atoms with Crippen LogP contribution in [-0.4, -0.2) is 11.7 Å². The lowest BCUT2D eigenvalue weighted by atomic mass is 9.86. The van der Waals surface area contributed by atoms with Gasteiger partial charge in [-0.05, 0) is 24.1 Å². The second kappa shape index (κ2) is 6.11. The number of hydrogen-bond acceptors (Lipinski definition) is 2. The molecule has 2 unspecified atom stereocenters. The molecule has 2 nitrogen and oxygen atoms in total. The Hall–Kier alpha value is -1.78. The monoisotopic (exact) mass is 277 g/mol. The zero-order valence-electron chi connectivity index (χ0n) is 11.2. The van der Waals surface area contributed by atoms with Gasteiger partial charge in [0.2, 0.25) is 0 Å². The molecule has 0 saturated carbocycles. The Kier molecular flexibility index (Phi) is 4.47. The molecule has 0 aliphatic carbocycles. The van der Waals surface area contributed by atoms with Gasteiger partial charge in [-0.15, -0.1) is 0 Å². The number of nitrogens with two attached hydrogens (primary N) is 1. The number of hydrogen-bond donors (Lipinski definition) is 2. The van der Waals surface area contributed by atoms with Crippen molar-refractivity contribution in [3.63, 3.8) is 0 Å². The third-order valence-electron chi connectivity index (χ3n) is 3.52. The van der Waals surface area contributed by atoms with Crippen molar-refractivity contribution in [2.24, 2.45) is 5.73 Å². The summed E-state index contributed by atoms with van der Waals surface area (Å²) in [5.41, 5.74) is 7.45. The quantitative estimate of drug-likeness (QED) is 0.902. The summed E-state index contributed by atoms with van der Waals surface area (Å²) in [5.74, 6) is -2.47. The van der Waals surface area contributed by atoms with Crippen LogP contribution in [0, 0.1) is 18.6 Å². The minimum Gasteiger partial charge on any atom is -0.388 e. The lowest BCUT2D eigenvalue weighted by Crippen LogP contribution is -2.22. The van der Waals surface area contributed by atoms with E-state index in [9.17, 15) is 13.9 Å². The van der Waals surface area contributed by atoms with Gasteiger partial charge in [0.1, 0.15) is 0 Å². The number of aliphatic hydroxyl groups excluding tert-OH is 1. The van der Waals surface area contributed by atoms with E-state index < -0.39 is 23.7 Å². The first-order chi connectivity index (χ1) is 9.56. The fourth-order valence-electron chi connectivity index (χ4n) is 2.39. The Morgan fingerprint density at radius 2 is 1.70 bits per heavy atom. The molecule has 20 heavy (non-hydrogen) atoms. The molecule has 0 aromatic heterocycles. The van der Waals surface area contributed by atoms with Gasteiger partial charge in [-0.25, -0.2) is 8.78 Å². The maximum Gasteiger partial charge on any atom is 0.164 e. The van der Waals surface area contributed by atoms with Gasteiger partial charge < -0.3 is 10.8 Å². The molecule has 0 spiro atoms. The maximum absolute atomic E-state index is 13.8. The van der Waals surface area contributed by atoms with Gasteiger partial charge in [0, 0.05) is 18.0 Å². The topological polar surface area (TPSA) is 46.2 Å². The molecule has 0 radical (unpaired) electrons. The van der Waals surface area contributed by atoms with E-state index in [0.717, 1.165) is 17.2 Å². The van der Waals surface area contributed by atoms with Gasteiger partial charge >= 0.3 is 0 Å². The third kappa shape index (κ3) is 2.71. The van der Waals surface area contributed by atoms with E-state index in [2.05, 4.69) is 0 Å². The molecule has 0 aliphatic rings. The standard InChI is InChI=1S/C16H17F2NO/c1-10-5-2-3-6-11(10)13(9-19)16(20)12-7-4-8-14(17)15(12)18/h2-8,13,16,20H,9,19H2,1H3. The molecule has 3 N–H and O–H groups in total. The number of aliphatic hydroxyl groups is 1. The average Bonchev–Trinajstić information content (AvgIpc) is 2.44. The third-order valence-corrected chi connectivity index (χ3v) is 3.52. The van der Waals surface area contributed by atoms with Crippen LogP contribution in [0.4, 0.5) is 8.78 Å². The van der Waals surface area contributed by atoms with Crippen molar-refractivity contribution in [3.8, 4) is 0 Å². The minimum absolute atomic E-state index is 0.0660. The first kappa shape index (κ1) is 14.6. The number of aryl methyl sites for hydroxylation is 1.